The average molecular weight is 213 g/mol. The number of esters is 1. The molecule has 0 atom stereocenters. The Morgan fingerprint density at radius 1 is 1.53 bits per heavy atom. The van der Waals surface area contributed by atoms with Crippen molar-refractivity contribution in [3.8, 4) is 0 Å². The van der Waals surface area contributed by atoms with E-state index in [-0.39, 0.29) is 12.4 Å². The Balaban J connectivity index is 2.45. The van der Waals surface area contributed by atoms with Crippen LogP contribution >= 0.6 is 0 Å². The predicted molar refractivity (Wildman–Crippen MR) is 52.4 cm³/mol. The van der Waals surface area contributed by atoms with Gasteiger partial charge in [0.25, 0.3) is 5.82 Å². The number of carbonyl (C=O) groups excluding carboxylic acids is 1. The van der Waals surface area contributed by atoms with E-state index in [0.717, 1.165) is 12.8 Å². The number of aliphatic hydroxyl groups is 1. The van der Waals surface area contributed by atoms with Gasteiger partial charge in [-0.1, -0.05) is 0 Å². The van der Waals surface area contributed by atoms with E-state index >= 15 is 0 Å². The van der Waals surface area contributed by atoms with Crippen molar-refractivity contribution in [2.75, 3.05) is 13.2 Å². The van der Waals surface area contributed by atoms with Gasteiger partial charge >= 0.3 is 5.97 Å². The molecule has 1 rings (SSSR count). The molecule has 0 aliphatic heterocycles. The number of unbranched alkanes of at least 4 members (excludes halogenated alkanes) is 1. The van der Waals surface area contributed by atoms with Crippen LogP contribution in [0.3, 0.4) is 0 Å². The van der Waals surface area contributed by atoms with Gasteiger partial charge in [0.05, 0.1) is 6.61 Å². The van der Waals surface area contributed by atoms with E-state index in [1.165, 1.54) is 0 Å². The third-order valence-electron chi connectivity index (χ3n) is 1.81. The van der Waals surface area contributed by atoms with Gasteiger partial charge in [0.2, 0.25) is 0 Å². The number of rotatable bonds is 6. The third kappa shape index (κ3) is 3.67. The van der Waals surface area contributed by atoms with Gasteiger partial charge in [0.1, 0.15) is 5.82 Å². The molecule has 0 radical (unpaired) electrons. The molecule has 15 heavy (non-hydrogen) atoms. The molecule has 6 nitrogen and oxygen atoms in total. The van der Waals surface area contributed by atoms with Crippen molar-refractivity contribution >= 4 is 5.97 Å². The van der Waals surface area contributed by atoms with Crippen molar-refractivity contribution in [2.45, 2.75) is 26.2 Å². The van der Waals surface area contributed by atoms with Gasteiger partial charge in [-0.25, -0.2) is 9.78 Å². The first-order valence-electron chi connectivity index (χ1n) is 4.97. The van der Waals surface area contributed by atoms with Crippen molar-refractivity contribution in [2.24, 2.45) is 0 Å². The van der Waals surface area contributed by atoms with E-state index in [9.17, 15) is 4.79 Å². The fourth-order valence-corrected chi connectivity index (χ4v) is 1.10. The largest absolute Gasteiger partial charge is 0.460 e. The molecule has 0 amide bonds. The Morgan fingerprint density at radius 2 is 2.33 bits per heavy atom. The summed E-state index contributed by atoms with van der Waals surface area (Å²) in [5.41, 5.74) is 0. The number of nitrogens with one attached hydrogen (secondary N) is 1. The summed E-state index contributed by atoms with van der Waals surface area (Å²) < 4.78 is 4.74. The second kappa shape index (κ2) is 6.13. The second-order valence-corrected chi connectivity index (χ2v) is 3.01. The smallest absolute Gasteiger partial charge is 0.378 e. The zero-order valence-corrected chi connectivity index (χ0v) is 8.69. The van der Waals surface area contributed by atoms with Crippen LogP contribution in [0.15, 0.2) is 0 Å². The first-order valence-corrected chi connectivity index (χ1v) is 4.97. The molecule has 1 aromatic rings. The summed E-state index contributed by atoms with van der Waals surface area (Å²) in [5, 5.41) is 15.0. The number of carbonyl (C=O) groups is 1. The lowest BCUT2D eigenvalue weighted by atomic mass is 10.2. The van der Waals surface area contributed by atoms with E-state index in [2.05, 4.69) is 15.2 Å². The maximum absolute atomic E-state index is 11.2. The Hall–Kier alpha value is -1.43. The number of ether oxygens (including phenoxy) is 1. The van der Waals surface area contributed by atoms with Crippen molar-refractivity contribution in [3.05, 3.63) is 11.6 Å². The van der Waals surface area contributed by atoms with Gasteiger partial charge in [-0.2, -0.15) is 0 Å². The van der Waals surface area contributed by atoms with Crippen molar-refractivity contribution in [1.29, 1.82) is 0 Å². The molecule has 0 saturated carbocycles. The highest BCUT2D eigenvalue weighted by Crippen LogP contribution is 2.00. The van der Waals surface area contributed by atoms with Crippen LogP contribution in [-0.2, 0) is 11.2 Å². The first kappa shape index (κ1) is 11.6. The number of hydrogen-bond acceptors (Lipinski definition) is 5. The first-order chi connectivity index (χ1) is 7.27. The Kier molecular flexibility index (Phi) is 4.76. The molecule has 0 aromatic carbocycles. The van der Waals surface area contributed by atoms with Crippen LogP contribution in [0, 0.1) is 0 Å². The van der Waals surface area contributed by atoms with Gasteiger partial charge in [0.15, 0.2) is 0 Å². The number of aromatic amines is 1. The summed E-state index contributed by atoms with van der Waals surface area (Å²) in [7, 11) is 0. The monoisotopic (exact) mass is 213 g/mol. The molecule has 0 bridgehead atoms. The minimum absolute atomic E-state index is 0.0656. The number of aryl methyl sites for hydroxylation is 1. The highest BCUT2D eigenvalue weighted by Gasteiger charge is 2.12. The van der Waals surface area contributed by atoms with Crippen molar-refractivity contribution in [3.63, 3.8) is 0 Å². The molecular formula is C9H15N3O3. The fraction of sp³-hybridized carbons (Fsp3) is 0.667. The van der Waals surface area contributed by atoms with Crippen molar-refractivity contribution in [1.82, 2.24) is 15.2 Å². The van der Waals surface area contributed by atoms with Crippen LogP contribution in [0.25, 0.3) is 0 Å². The molecule has 0 fully saturated rings. The summed E-state index contributed by atoms with van der Waals surface area (Å²) in [6.07, 6.45) is 2.20. The van der Waals surface area contributed by atoms with Gasteiger partial charge in [-0.05, 0) is 19.8 Å². The van der Waals surface area contributed by atoms with E-state index in [4.69, 9.17) is 9.84 Å². The molecule has 0 spiro atoms. The Bertz CT molecular complexity index is 311. The summed E-state index contributed by atoms with van der Waals surface area (Å²) in [5.74, 6) is 0.199. The summed E-state index contributed by atoms with van der Waals surface area (Å²) in [6.45, 7) is 2.21. The van der Waals surface area contributed by atoms with Crippen molar-refractivity contribution < 1.29 is 14.6 Å². The van der Waals surface area contributed by atoms with Crippen LogP contribution in [0.5, 0.6) is 0 Å². The fourth-order valence-electron chi connectivity index (χ4n) is 1.10. The maximum atomic E-state index is 11.2. The lowest BCUT2D eigenvalue weighted by Gasteiger charge is -1.95. The molecule has 84 valence electrons. The minimum atomic E-state index is -0.512. The number of nitrogens with zero attached hydrogens (tertiary/aromatic N) is 2. The summed E-state index contributed by atoms with van der Waals surface area (Å²) in [6, 6.07) is 0. The van der Waals surface area contributed by atoms with Gasteiger partial charge < -0.3 is 9.84 Å². The van der Waals surface area contributed by atoms with Crippen LogP contribution < -0.4 is 0 Å². The zero-order valence-electron chi connectivity index (χ0n) is 8.69. The molecule has 6 heteroatoms. The lowest BCUT2D eigenvalue weighted by Crippen LogP contribution is -2.06. The second-order valence-electron chi connectivity index (χ2n) is 3.01. The molecule has 0 unspecified atom stereocenters. The third-order valence-corrected chi connectivity index (χ3v) is 1.81. The minimum Gasteiger partial charge on any atom is -0.460 e. The molecule has 0 saturated heterocycles. The molecular weight excluding hydrogens is 198 g/mol. The van der Waals surface area contributed by atoms with E-state index in [1.807, 2.05) is 0 Å². The molecule has 0 aliphatic rings. The normalized spacial score (nSPS) is 10.3. The predicted octanol–water partition coefficient (Wildman–Crippen LogP) is 0.296. The summed E-state index contributed by atoms with van der Waals surface area (Å²) >= 11 is 0. The van der Waals surface area contributed by atoms with Gasteiger partial charge in [-0.3, -0.25) is 5.10 Å². The van der Waals surface area contributed by atoms with E-state index < -0.39 is 5.97 Å². The van der Waals surface area contributed by atoms with E-state index in [0.29, 0.717) is 18.9 Å². The van der Waals surface area contributed by atoms with Gasteiger partial charge in [0, 0.05) is 13.0 Å². The van der Waals surface area contributed by atoms with E-state index in [1.54, 1.807) is 6.92 Å². The number of aromatic nitrogens is 3. The number of hydrogen-bond donors (Lipinski definition) is 2. The highest BCUT2D eigenvalue weighted by molar-refractivity contribution is 5.84. The Morgan fingerprint density at radius 3 is 3.00 bits per heavy atom. The van der Waals surface area contributed by atoms with Crippen LogP contribution in [0.4, 0.5) is 0 Å². The number of aliphatic hydroxyl groups excluding tert-OH is 1. The highest BCUT2D eigenvalue weighted by atomic mass is 16.5. The van der Waals surface area contributed by atoms with Crippen LogP contribution in [0.1, 0.15) is 36.2 Å². The molecule has 1 heterocycles. The molecule has 2 N–H and O–H groups in total. The van der Waals surface area contributed by atoms with Gasteiger partial charge in [-0.15, -0.1) is 5.10 Å². The maximum Gasteiger partial charge on any atom is 0.378 e. The van der Waals surface area contributed by atoms with Crippen LogP contribution in [0.2, 0.25) is 0 Å². The Labute approximate surface area is 87.7 Å². The topological polar surface area (TPSA) is 88.1 Å². The average Bonchev–Trinajstić information content (AvgIpc) is 2.67. The SMILES string of the molecule is CCOC(=O)c1n[nH]c(CCCCO)n1. The standard InChI is InChI=1S/C9H15N3O3/c1-2-15-9(14)8-10-7(11-12-8)5-3-4-6-13/h13H,2-6H2,1H3,(H,10,11,12). The summed E-state index contributed by atoms with van der Waals surface area (Å²) in [4.78, 5) is 15.2. The quantitative estimate of drug-likeness (QED) is 0.524. The lowest BCUT2D eigenvalue weighted by molar-refractivity contribution is 0.0512. The molecule has 1 aromatic heterocycles. The zero-order chi connectivity index (χ0) is 11.1. The number of H-pyrrole nitrogens is 1. The molecule has 0 aliphatic carbocycles. The van der Waals surface area contributed by atoms with Crippen LogP contribution in [-0.4, -0.2) is 39.5 Å².